The zero-order valence-corrected chi connectivity index (χ0v) is 14.1. The summed E-state index contributed by atoms with van der Waals surface area (Å²) in [6.45, 7) is 1.76. The molecule has 0 spiro atoms. The van der Waals surface area contributed by atoms with E-state index in [0.717, 1.165) is 16.6 Å². The van der Waals surface area contributed by atoms with Gasteiger partial charge in [0, 0.05) is 17.7 Å². The zero-order valence-electron chi connectivity index (χ0n) is 14.1. The van der Waals surface area contributed by atoms with Gasteiger partial charge in [-0.15, -0.1) is 0 Å². The molecule has 6 nitrogen and oxygen atoms in total. The van der Waals surface area contributed by atoms with E-state index in [-0.39, 0.29) is 0 Å². The SMILES string of the molecule is C/C=C/C(=O)Oc1cc(-c2ccccc2)nn1-c1nc2ccccc2[nH]1. The van der Waals surface area contributed by atoms with Crippen LogP contribution in [0.4, 0.5) is 0 Å². The quantitative estimate of drug-likeness (QED) is 0.450. The normalized spacial score (nSPS) is 11.3. The summed E-state index contributed by atoms with van der Waals surface area (Å²) in [6, 6.07) is 19.1. The second kappa shape index (κ2) is 6.68. The first-order valence-corrected chi connectivity index (χ1v) is 8.20. The molecule has 0 aliphatic heterocycles. The van der Waals surface area contributed by atoms with Crippen LogP contribution in [0.2, 0.25) is 0 Å². The van der Waals surface area contributed by atoms with Gasteiger partial charge in [0.15, 0.2) is 0 Å². The Labute approximate surface area is 149 Å². The molecule has 2 aromatic heterocycles. The van der Waals surface area contributed by atoms with E-state index in [1.165, 1.54) is 10.8 Å². The molecule has 0 aliphatic carbocycles. The summed E-state index contributed by atoms with van der Waals surface area (Å²) in [5.74, 6) is 0.312. The van der Waals surface area contributed by atoms with E-state index in [1.54, 1.807) is 19.1 Å². The molecule has 1 N–H and O–H groups in total. The minimum absolute atomic E-state index is 0.297. The van der Waals surface area contributed by atoms with E-state index < -0.39 is 5.97 Å². The Hall–Kier alpha value is -3.67. The van der Waals surface area contributed by atoms with Crippen LogP contribution < -0.4 is 4.74 Å². The topological polar surface area (TPSA) is 72.8 Å². The molecule has 26 heavy (non-hydrogen) atoms. The van der Waals surface area contributed by atoms with Crippen molar-refractivity contribution in [2.24, 2.45) is 0 Å². The molecule has 0 saturated carbocycles. The number of para-hydroxylation sites is 2. The molecule has 4 aromatic rings. The van der Waals surface area contributed by atoms with E-state index in [2.05, 4.69) is 15.1 Å². The van der Waals surface area contributed by atoms with E-state index >= 15 is 0 Å². The Morgan fingerprint density at radius 2 is 1.88 bits per heavy atom. The third kappa shape index (κ3) is 3.00. The predicted molar refractivity (Wildman–Crippen MR) is 99.1 cm³/mol. The number of allylic oxidation sites excluding steroid dienone is 1. The maximum atomic E-state index is 11.9. The number of nitrogens with zero attached hydrogens (tertiary/aromatic N) is 3. The average molecular weight is 344 g/mol. The fourth-order valence-electron chi connectivity index (χ4n) is 2.65. The number of hydrogen-bond acceptors (Lipinski definition) is 4. The maximum Gasteiger partial charge on any atom is 0.337 e. The molecule has 0 aliphatic rings. The van der Waals surface area contributed by atoms with Crippen molar-refractivity contribution >= 4 is 17.0 Å². The lowest BCUT2D eigenvalue weighted by molar-refractivity contribution is -0.129. The summed E-state index contributed by atoms with van der Waals surface area (Å²) in [7, 11) is 0. The number of benzene rings is 2. The van der Waals surface area contributed by atoms with E-state index in [4.69, 9.17) is 4.74 Å². The molecule has 4 rings (SSSR count). The number of H-pyrrole nitrogens is 1. The summed E-state index contributed by atoms with van der Waals surface area (Å²) >= 11 is 0. The Morgan fingerprint density at radius 1 is 1.12 bits per heavy atom. The fourth-order valence-corrected chi connectivity index (χ4v) is 2.65. The van der Waals surface area contributed by atoms with Gasteiger partial charge in [-0.25, -0.2) is 9.78 Å². The van der Waals surface area contributed by atoms with Crippen LogP contribution >= 0.6 is 0 Å². The molecule has 128 valence electrons. The summed E-state index contributed by atoms with van der Waals surface area (Å²) in [5.41, 5.74) is 3.30. The van der Waals surface area contributed by atoms with Gasteiger partial charge in [0.2, 0.25) is 11.8 Å². The second-order valence-electron chi connectivity index (χ2n) is 5.64. The van der Waals surface area contributed by atoms with Gasteiger partial charge in [-0.1, -0.05) is 48.5 Å². The predicted octanol–water partition coefficient (Wildman–Crippen LogP) is 3.90. The molecule has 2 aromatic carbocycles. The van der Waals surface area contributed by atoms with Crippen molar-refractivity contribution in [3.63, 3.8) is 0 Å². The summed E-state index contributed by atoms with van der Waals surface area (Å²) in [4.78, 5) is 19.7. The first kappa shape index (κ1) is 15.8. The van der Waals surface area contributed by atoms with Gasteiger partial charge >= 0.3 is 5.97 Å². The number of nitrogens with one attached hydrogen (secondary N) is 1. The highest BCUT2D eigenvalue weighted by Gasteiger charge is 2.17. The first-order chi connectivity index (χ1) is 12.7. The van der Waals surface area contributed by atoms with Crippen LogP contribution in [0.1, 0.15) is 6.92 Å². The first-order valence-electron chi connectivity index (χ1n) is 8.20. The number of esters is 1. The molecule has 0 radical (unpaired) electrons. The number of hydrogen-bond donors (Lipinski definition) is 1. The van der Waals surface area contributed by atoms with Gasteiger partial charge < -0.3 is 9.72 Å². The molecule has 0 unspecified atom stereocenters. The van der Waals surface area contributed by atoms with Crippen LogP contribution in [0.5, 0.6) is 5.88 Å². The van der Waals surface area contributed by atoms with Crippen LogP contribution in [0.15, 0.2) is 72.8 Å². The average Bonchev–Trinajstić information content (AvgIpc) is 3.26. The van der Waals surface area contributed by atoms with E-state index in [1.807, 2.05) is 54.6 Å². The van der Waals surface area contributed by atoms with Crippen molar-refractivity contribution in [1.29, 1.82) is 0 Å². The molecule has 0 atom stereocenters. The summed E-state index contributed by atoms with van der Waals surface area (Å²) in [6.07, 6.45) is 2.99. The minimum Gasteiger partial charge on any atom is -0.404 e. The number of carbonyl (C=O) groups is 1. The van der Waals surface area contributed by atoms with Crippen molar-refractivity contribution in [3.05, 3.63) is 72.8 Å². The van der Waals surface area contributed by atoms with Crippen molar-refractivity contribution < 1.29 is 9.53 Å². The van der Waals surface area contributed by atoms with Crippen molar-refractivity contribution in [3.8, 4) is 23.1 Å². The highest BCUT2D eigenvalue weighted by molar-refractivity contribution is 5.84. The van der Waals surface area contributed by atoms with Gasteiger partial charge in [0.25, 0.3) is 0 Å². The molecule has 0 saturated heterocycles. The number of fused-ring (bicyclic) bond motifs is 1. The molecule has 6 heteroatoms. The third-order valence-corrected chi connectivity index (χ3v) is 3.83. The third-order valence-electron chi connectivity index (χ3n) is 3.83. The van der Waals surface area contributed by atoms with Crippen LogP contribution in [-0.2, 0) is 4.79 Å². The van der Waals surface area contributed by atoms with Crippen molar-refractivity contribution in [2.75, 3.05) is 0 Å². The number of carbonyl (C=O) groups excluding carboxylic acids is 1. The molecule has 2 heterocycles. The van der Waals surface area contributed by atoms with Gasteiger partial charge in [-0.05, 0) is 19.1 Å². The van der Waals surface area contributed by atoms with Crippen molar-refractivity contribution in [1.82, 2.24) is 19.7 Å². The Balaban J connectivity index is 1.82. The largest absolute Gasteiger partial charge is 0.404 e. The molecule has 0 bridgehead atoms. The zero-order chi connectivity index (χ0) is 17.9. The van der Waals surface area contributed by atoms with Gasteiger partial charge in [-0.2, -0.15) is 9.78 Å². The lowest BCUT2D eigenvalue weighted by Crippen LogP contribution is -2.09. The van der Waals surface area contributed by atoms with E-state index in [9.17, 15) is 4.79 Å². The Kier molecular flexibility index (Phi) is 4.07. The minimum atomic E-state index is -0.468. The molecule has 0 amide bonds. The number of aromatic amines is 1. The fraction of sp³-hybridized carbons (Fsp3) is 0.0500. The van der Waals surface area contributed by atoms with Crippen molar-refractivity contribution in [2.45, 2.75) is 6.92 Å². The monoisotopic (exact) mass is 344 g/mol. The van der Waals surface area contributed by atoms with E-state index in [0.29, 0.717) is 17.5 Å². The molecular weight excluding hydrogens is 328 g/mol. The lowest BCUT2D eigenvalue weighted by atomic mass is 10.2. The van der Waals surface area contributed by atoms with Crippen LogP contribution in [0, 0.1) is 0 Å². The lowest BCUT2D eigenvalue weighted by Gasteiger charge is -2.02. The van der Waals surface area contributed by atoms with Gasteiger partial charge in [0.05, 0.1) is 16.7 Å². The number of imidazole rings is 1. The Morgan fingerprint density at radius 3 is 2.65 bits per heavy atom. The molecule has 0 fully saturated rings. The van der Waals surface area contributed by atoms with Crippen LogP contribution in [-0.4, -0.2) is 25.7 Å². The van der Waals surface area contributed by atoms with Crippen LogP contribution in [0.25, 0.3) is 28.2 Å². The second-order valence-corrected chi connectivity index (χ2v) is 5.64. The van der Waals surface area contributed by atoms with Crippen LogP contribution in [0.3, 0.4) is 0 Å². The standard InChI is InChI=1S/C20H16N4O2/c1-2-8-19(25)26-18-13-17(14-9-4-3-5-10-14)23-24(18)20-21-15-11-6-7-12-16(15)22-20/h2-13H,1H3,(H,21,22)/b8-2+. The number of rotatable bonds is 4. The number of aromatic nitrogens is 4. The van der Waals surface area contributed by atoms with Gasteiger partial charge in [-0.3, -0.25) is 0 Å². The molecular formula is C20H16N4O2. The highest BCUT2D eigenvalue weighted by atomic mass is 16.5. The Bertz CT molecular complexity index is 1060. The highest BCUT2D eigenvalue weighted by Crippen LogP contribution is 2.26. The maximum absolute atomic E-state index is 11.9. The number of ether oxygens (including phenoxy) is 1. The summed E-state index contributed by atoms with van der Waals surface area (Å²) in [5, 5.41) is 4.58. The van der Waals surface area contributed by atoms with Gasteiger partial charge in [0.1, 0.15) is 0 Å². The smallest absolute Gasteiger partial charge is 0.337 e. The summed E-state index contributed by atoms with van der Waals surface area (Å²) < 4.78 is 6.96.